The average molecular weight is 809 g/mol. The van der Waals surface area contributed by atoms with Crippen LogP contribution in [0.2, 0.25) is 5.02 Å². The largest absolute Gasteiger partial charge is 0.368 e. The van der Waals surface area contributed by atoms with E-state index in [0.29, 0.717) is 61.6 Å². The van der Waals surface area contributed by atoms with Gasteiger partial charge in [-0.05, 0) is 80.5 Å². The molecular formula is C41H42ClFN10O5. The summed E-state index contributed by atoms with van der Waals surface area (Å²) < 4.78 is 15.4. The fourth-order valence-electron chi connectivity index (χ4n) is 9.68. The number of nitrogens with zero attached hydrogens (tertiary/aromatic N) is 9. The Bertz CT molecular complexity index is 2260. The van der Waals surface area contributed by atoms with Crippen LogP contribution in [0.1, 0.15) is 75.8 Å². The number of aromatic nitrogens is 2. The Morgan fingerprint density at radius 3 is 2.31 bits per heavy atom. The number of piperazine rings is 1. The summed E-state index contributed by atoms with van der Waals surface area (Å²) in [6.45, 7) is 8.14. The van der Waals surface area contributed by atoms with E-state index in [-0.39, 0.29) is 47.0 Å². The number of likely N-dealkylation sites (tertiary alicyclic amines) is 1. The molecule has 15 nitrogen and oxygen atoms in total. The number of anilines is 3. The number of fused-ring (bicyclic) bond motifs is 1. The van der Waals surface area contributed by atoms with E-state index in [0.717, 1.165) is 61.4 Å². The van der Waals surface area contributed by atoms with Crippen molar-refractivity contribution in [2.24, 2.45) is 5.41 Å². The maximum absolute atomic E-state index is 15.4. The van der Waals surface area contributed by atoms with E-state index in [1.54, 1.807) is 17.0 Å². The highest BCUT2D eigenvalue weighted by Crippen LogP contribution is 2.46. The van der Waals surface area contributed by atoms with Gasteiger partial charge in [0.15, 0.2) is 11.5 Å². The molecular weight excluding hydrogens is 767 g/mol. The van der Waals surface area contributed by atoms with E-state index in [2.05, 4.69) is 43.2 Å². The third-order valence-corrected chi connectivity index (χ3v) is 13.3. The maximum atomic E-state index is 15.4. The van der Waals surface area contributed by atoms with E-state index in [4.69, 9.17) is 11.6 Å². The van der Waals surface area contributed by atoms with Gasteiger partial charge in [-0.1, -0.05) is 11.6 Å². The minimum Gasteiger partial charge on any atom is -0.368 e. The number of nitriles is 1. The molecule has 6 aliphatic heterocycles. The van der Waals surface area contributed by atoms with Gasteiger partial charge in [-0.15, -0.1) is 10.2 Å². The summed E-state index contributed by atoms with van der Waals surface area (Å²) >= 11 is 6.35. The molecule has 5 fully saturated rings. The zero-order valence-corrected chi connectivity index (χ0v) is 32.8. The molecule has 3 aromatic rings. The molecule has 1 N–H and O–H groups in total. The Labute approximate surface area is 339 Å². The van der Waals surface area contributed by atoms with Crippen LogP contribution >= 0.6 is 11.6 Å². The first-order valence-electron chi connectivity index (χ1n) is 19.8. The van der Waals surface area contributed by atoms with Crippen LogP contribution in [0.15, 0.2) is 42.5 Å². The number of nitrogens with one attached hydrogen (secondary N) is 1. The number of amides is 5. The lowest BCUT2D eigenvalue weighted by molar-refractivity contribution is -0.136. The summed E-state index contributed by atoms with van der Waals surface area (Å²) in [5.41, 5.74) is 2.18. The number of halogens is 2. The van der Waals surface area contributed by atoms with Gasteiger partial charge in [-0.2, -0.15) is 5.26 Å². The summed E-state index contributed by atoms with van der Waals surface area (Å²) in [5.74, 6) is -2.63. The molecule has 5 saturated heterocycles. The molecule has 2 atom stereocenters. The van der Waals surface area contributed by atoms with Gasteiger partial charge in [-0.25, -0.2) is 4.39 Å². The van der Waals surface area contributed by atoms with Crippen molar-refractivity contribution in [2.75, 3.05) is 73.6 Å². The molecule has 0 aliphatic carbocycles. The van der Waals surface area contributed by atoms with Crippen LogP contribution in [0, 0.1) is 22.6 Å². The number of benzene rings is 2. The Morgan fingerprint density at radius 1 is 0.931 bits per heavy atom. The zero-order valence-electron chi connectivity index (χ0n) is 32.0. The van der Waals surface area contributed by atoms with E-state index < -0.39 is 35.5 Å². The Balaban J connectivity index is 0.750. The molecule has 7 heterocycles. The molecule has 2 aromatic carbocycles. The molecule has 1 unspecified atom stereocenters. The van der Waals surface area contributed by atoms with Gasteiger partial charge in [0.1, 0.15) is 17.9 Å². The lowest BCUT2D eigenvalue weighted by Gasteiger charge is -2.48. The lowest BCUT2D eigenvalue weighted by atomic mass is 9.77. The highest BCUT2D eigenvalue weighted by molar-refractivity contribution is 6.32. The van der Waals surface area contributed by atoms with Gasteiger partial charge in [0, 0.05) is 83.1 Å². The number of hydrogen-bond acceptors (Lipinski definition) is 12. The third-order valence-electron chi connectivity index (χ3n) is 13.0. The summed E-state index contributed by atoms with van der Waals surface area (Å²) in [6, 6.07) is 13.3. The molecule has 9 rings (SSSR count). The standard InChI is InChI=1S/C41H42ClFN10O5/c1-24-19-41(23-52(24)26-3-2-25(20-44)30(42)16-26)8-10-50(11-9-41)35-6-4-32(46-47-35)40(58)51-21-27(22-51)48-12-14-49(15-13-48)34-18-29-28(17-31(34)43)38(56)53(39(29)57)33-5-7-36(54)45-37(33)55/h2-4,6,16-18,24,27,33H,5,7-15,19,21-23H2,1H3,(H,45,54,55)/t24-,33?/m0/s1. The number of carbonyl (C=O) groups excluding carboxylic acids is 5. The molecule has 300 valence electrons. The second kappa shape index (κ2) is 14.6. The molecule has 1 aromatic heterocycles. The molecule has 58 heavy (non-hydrogen) atoms. The van der Waals surface area contributed by atoms with E-state index >= 15 is 4.39 Å². The van der Waals surface area contributed by atoms with Gasteiger partial charge in [0.05, 0.1) is 27.4 Å². The molecule has 17 heteroatoms. The number of piperidine rings is 2. The van der Waals surface area contributed by atoms with Crippen LogP contribution < -0.4 is 20.0 Å². The fourth-order valence-corrected chi connectivity index (χ4v) is 9.90. The van der Waals surface area contributed by atoms with Crippen LogP contribution in [0.4, 0.5) is 21.6 Å². The van der Waals surface area contributed by atoms with Gasteiger partial charge in [-0.3, -0.25) is 39.1 Å². The molecule has 0 bridgehead atoms. The van der Waals surface area contributed by atoms with Gasteiger partial charge in [0.2, 0.25) is 11.8 Å². The number of carbonyl (C=O) groups is 5. The predicted octanol–water partition coefficient (Wildman–Crippen LogP) is 3.07. The average Bonchev–Trinajstić information content (AvgIpc) is 3.65. The fraction of sp³-hybridized carbons (Fsp3) is 0.463. The van der Waals surface area contributed by atoms with Crippen LogP contribution in [0.5, 0.6) is 0 Å². The van der Waals surface area contributed by atoms with Crippen LogP contribution in [0.25, 0.3) is 0 Å². The van der Waals surface area contributed by atoms with Crippen molar-refractivity contribution in [1.29, 1.82) is 5.26 Å². The number of imide groups is 2. The second-order valence-corrected chi connectivity index (χ2v) is 16.8. The Morgan fingerprint density at radius 2 is 1.66 bits per heavy atom. The van der Waals surface area contributed by atoms with Crippen molar-refractivity contribution in [3.63, 3.8) is 0 Å². The monoisotopic (exact) mass is 808 g/mol. The topological polar surface area (TPSA) is 166 Å². The minimum absolute atomic E-state index is 0.00298. The molecule has 0 saturated carbocycles. The number of hydrogen-bond donors (Lipinski definition) is 1. The second-order valence-electron chi connectivity index (χ2n) is 16.4. The molecule has 6 aliphatic rings. The van der Waals surface area contributed by atoms with Crippen molar-refractivity contribution in [3.8, 4) is 6.07 Å². The quantitative estimate of drug-likeness (QED) is 0.363. The van der Waals surface area contributed by atoms with Crippen LogP contribution in [-0.4, -0.2) is 131 Å². The first kappa shape index (κ1) is 37.9. The summed E-state index contributed by atoms with van der Waals surface area (Å²) in [6.07, 6.45) is 3.13. The summed E-state index contributed by atoms with van der Waals surface area (Å²) in [7, 11) is 0. The Hall–Kier alpha value is -5.66. The summed E-state index contributed by atoms with van der Waals surface area (Å²) in [4.78, 5) is 75.1. The highest BCUT2D eigenvalue weighted by Gasteiger charge is 2.47. The number of rotatable bonds is 6. The predicted molar refractivity (Wildman–Crippen MR) is 210 cm³/mol. The van der Waals surface area contributed by atoms with Crippen LogP contribution in [-0.2, 0) is 9.59 Å². The Kier molecular flexibility index (Phi) is 9.55. The van der Waals surface area contributed by atoms with E-state index in [1.165, 1.54) is 6.07 Å². The first-order valence-corrected chi connectivity index (χ1v) is 20.2. The highest BCUT2D eigenvalue weighted by atomic mass is 35.5. The van der Waals surface area contributed by atoms with Crippen molar-refractivity contribution < 1.29 is 28.4 Å². The van der Waals surface area contributed by atoms with Crippen molar-refractivity contribution in [2.45, 2.75) is 57.2 Å². The molecule has 0 radical (unpaired) electrons. The molecule has 1 spiro atoms. The van der Waals surface area contributed by atoms with Crippen molar-refractivity contribution >= 4 is 58.3 Å². The van der Waals surface area contributed by atoms with Crippen LogP contribution in [0.3, 0.4) is 0 Å². The van der Waals surface area contributed by atoms with E-state index in [9.17, 15) is 29.2 Å². The maximum Gasteiger partial charge on any atom is 0.274 e. The smallest absolute Gasteiger partial charge is 0.274 e. The normalized spacial score (nSPS) is 23.7. The van der Waals surface area contributed by atoms with Gasteiger partial charge < -0.3 is 19.6 Å². The molecule has 5 amide bonds. The zero-order chi connectivity index (χ0) is 40.5. The SMILES string of the molecule is C[C@H]1CC2(CCN(c3ccc(C(=O)N4CC(N5CCN(c6cc7c(cc6F)C(=O)N(C6CCC(=O)NC6=O)C7=O)CC5)C4)nn3)CC2)CN1c1ccc(C#N)c(Cl)c1. The lowest BCUT2D eigenvalue weighted by Crippen LogP contribution is -2.64. The minimum atomic E-state index is -1.12. The van der Waals surface area contributed by atoms with Crippen molar-refractivity contribution in [1.82, 2.24) is 30.2 Å². The third kappa shape index (κ3) is 6.59. The van der Waals surface area contributed by atoms with E-state index in [1.807, 2.05) is 23.1 Å². The van der Waals surface area contributed by atoms with Crippen molar-refractivity contribution in [3.05, 3.63) is 75.7 Å². The first-order chi connectivity index (χ1) is 27.9. The summed E-state index contributed by atoms with van der Waals surface area (Å²) in [5, 5.41) is 20.7. The van der Waals surface area contributed by atoms with Gasteiger partial charge in [0.25, 0.3) is 17.7 Å². The van der Waals surface area contributed by atoms with Gasteiger partial charge >= 0.3 is 0 Å².